The summed E-state index contributed by atoms with van der Waals surface area (Å²) in [4.78, 5) is 116. The quantitative estimate of drug-likeness (QED) is 0.00608. The average Bonchev–Trinajstić information content (AvgIpc) is 0.710. The van der Waals surface area contributed by atoms with Gasteiger partial charge < -0.3 is 74.0 Å². The van der Waals surface area contributed by atoms with Gasteiger partial charge in [0.15, 0.2) is 0 Å². The highest BCUT2D eigenvalue weighted by Gasteiger charge is 2.64. The number of carbonyl (C=O) groups excluding carboxylic acids is 10. The number of piperidine rings is 5. The summed E-state index contributed by atoms with van der Waals surface area (Å²) in [5.41, 5.74) is 0.767. The first-order valence-corrected chi connectivity index (χ1v) is 66.2. The van der Waals surface area contributed by atoms with Crippen LogP contribution in [0, 0.1) is 100 Å². The lowest BCUT2D eigenvalue weighted by Gasteiger charge is -2.60. The molecule has 0 aromatic heterocycles. The third kappa shape index (κ3) is 44.9. The molecule has 4 aliphatic carbocycles. The van der Waals surface area contributed by atoms with Crippen LogP contribution >= 0.6 is 339 Å². The summed E-state index contributed by atoms with van der Waals surface area (Å²) in [6, 6.07) is 29.6. The van der Waals surface area contributed by atoms with Crippen LogP contribution < -0.4 is 26.6 Å². The van der Waals surface area contributed by atoms with E-state index in [0.717, 1.165) is 227 Å². The number of ether oxygens (including phenoxy) is 10. The van der Waals surface area contributed by atoms with E-state index in [2.05, 4.69) is 462 Å². The van der Waals surface area contributed by atoms with Crippen LogP contribution in [0.5, 0.6) is 0 Å². The first kappa shape index (κ1) is 138. The maximum Gasteiger partial charge on any atom is 0.340 e. The number of hydrogen-bond acceptors (Lipinski definition) is 20. The number of hydrogen-bond donors (Lipinski definition) is 5. The molecule has 2 atom stereocenters. The van der Waals surface area contributed by atoms with Crippen molar-refractivity contribution in [2.45, 2.75) is 271 Å². The molecule has 9 aliphatic rings. The van der Waals surface area contributed by atoms with Crippen LogP contribution in [-0.2, 0) is 77.9 Å². The number of carbonyl (C=O) groups is 10. The van der Waals surface area contributed by atoms with E-state index in [1.165, 1.54) is 6.08 Å². The second-order valence-electron chi connectivity index (χ2n) is 42.4. The molecule has 5 saturated heterocycles. The highest BCUT2D eigenvalue weighted by molar-refractivity contribution is 14.1. The number of benzene rings is 6. The third-order valence-corrected chi connectivity index (χ3v) is 47.4. The second kappa shape index (κ2) is 66.5. The Morgan fingerprint density at radius 2 is 0.664 bits per heavy atom. The van der Waals surface area contributed by atoms with E-state index in [1.807, 2.05) is 126 Å². The van der Waals surface area contributed by atoms with Crippen molar-refractivity contribution in [3.8, 4) is 0 Å². The summed E-state index contributed by atoms with van der Waals surface area (Å²) in [6.45, 7) is 48.8. The number of nitrogens with two attached hydrogens (primary N) is 5. The van der Waals surface area contributed by atoms with Crippen LogP contribution in [0.25, 0.3) is 0 Å². The fourth-order valence-corrected chi connectivity index (χ4v) is 31.2. The SMILES string of the molecule is C=CCOC=O.CC(C)(C)OC=O.CC(C)(OC(=O)C12CC3CC(CC(OC(=O)c4cc(I)cc(I)c4I)(C3)C1)C2)C1CC[NH2+]CC1.CC(C)(OC(=O)c1c(I)ccc(I)c1I)C1CC[NH2+]CC1.CC(C)(OC(=O)c1c(I)ccc(I)c1I)C1CC[NH2+]CC1.CC(C)(OC(=O)c1c(I)ccc(I)c1I)C1CC[NH2+]CC1.CC(C)(OC(=O)c1c(I)ccc(I)c1I)C1CC[NH2+]CC1.CCC(C)(C)OC=O.O=COCc1ccccc1. The van der Waals surface area contributed by atoms with Gasteiger partial charge in [0.25, 0.3) is 25.9 Å². The first-order valence-electron chi connectivity index (χ1n) is 50.0. The summed E-state index contributed by atoms with van der Waals surface area (Å²) in [7, 11) is 0. The van der Waals surface area contributed by atoms with Gasteiger partial charge in [-0.1, -0.05) is 49.9 Å². The van der Waals surface area contributed by atoms with Crippen molar-refractivity contribution < 1.29 is 122 Å². The molecule has 2 unspecified atom stereocenters. The molecule has 0 amide bonds. The lowest BCUT2D eigenvalue weighted by atomic mass is 9.48. The van der Waals surface area contributed by atoms with E-state index in [9.17, 15) is 47.9 Å². The fourth-order valence-electron chi connectivity index (χ4n) is 19.6. The maximum absolute atomic E-state index is 13.8. The average molecular weight is 3750 g/mol. The standard InChI is InChI=1S/C26H32I3NO4.4C15H18I3NO2.C8H8O2.C6H12O2.C5H10O2.C4H6O2/c1-24(2,17-3-5-30-6-4-17)34-23(32)25-10-15-7-16(11-25)13-26(12-15,14-25)33-22(31)19-8-18(27)9-20(28)21(19)29;4*1-15(2,9-5-7-19-8-6-9)21-14(20)12-10(16)3-4-11(17)13(12)18;9-7-10-6-8-4-2-1-3-5-8;1-4-6(2,3)8-5-7;1-5(2,3)7-4-6;1-2-3-6-4-5/h8-9,15-17,30H,3-7,10-14H2,1-2H3;4*3-4,9,19H,5-8H2,1-2H3;1-5,7H,6H2;5H,4H2,1-3H3;4H,1-3H3;2,4H,1,3H2/p+5. The zero-order chi connectivity index (χ0) is 111. The highest BCUT2D eigenvalue weighted by atomic mass is 127. The molecule has 40 heteroatoms. The van der Waals surface area contributed by atoms with Gasteiger partial charge in [0.2, 0.25) is 0 Å². The van der Waals surface area contributed by atoms with E-state index in [0.29, 0.717) is 115 Å². The predicted octanol–water partition coefficient (Wildman–Crippen LogP) is 22.9. The van der Waals surface area contributed by atoms with Gasteiger partial charge in [-0.05, 0) is 559 Å². The van der Waals surface area contributed by atoms with Crippen molar-refractivity contribution in [1.29, 1.82) is 0 Å². The Hall–Kier alpha value is 0.510. The van der Waals surface area contributed by atoms with Crippen molar-refractivity contribution in [2.24, 2.45) is 46.8 Å². The summed E-state index contributed by atoms with van der Waals surface area (Å²) in [5, 5.41) is 11.7. The molecule has 9 fully saturated rings. The van der Waals surface area contributed by atoms with Gasteiger partial charge in [0.1, 0.15) is 58.0 Å². The Morgan fingerprint density at radius 3 is 0.926 bits per heavy atom. The van der Waals surface area contributed by atoms with Gasteiger partial charge in [0, 0.05) is 154 Å². The van der Waals surface area contributed by atoms with Crippen molar-refractivity contribution in [3.05, 3.63) is 191 Å². The predicted molar refractivity (Wildman–Crippen MR) is 706 cm³/mol. The monoisotopic (exact) mass is 3750 g/mol. The van der Waals surface area contributed by atoms with Crippen LogP contribution in [0.1, 0.15) is 277 Å². The molecule has 10 N–H and O–H groups in total. The van der Waals surface area contributed by atoms with Crippen LogP contribution in [0.4, 0.5) is 0 Å². The Labute approximate surface area is 1090 Å². The first-order chi connectivity index (χ1) is 69.8. The number of esters is 6. The van der Waals surface area contributed by atoms with E-state index in [4.69, 9.17) is 33.2 Å². The van der Waals surface area contributed by atoms with Crippen molar-refractivity contribution >= 4 is 401 Å². The molecule has 5 aliphatic heterocycles. The maximum atomic E-state index is 13.8. The Balaban J connectivity index is 0.000000268. The lowest BCUT2D eigenvalue weighted by molar-refractivity contribution is -0.666. The van der Waals surface area contributed by atoms with Crippen molar-refractivity contribution in [2.75, 3.05) is 72.1 Å². The molecule has 149 heavy (non-hydrogen) atoms. The molecule has 5 heterocycles. The van der Waals surface area contributed by atoms with Crippen molar-refractivity contribution in [1.82, 2.24) is 0 Å². The fraction of sp³-hybridized carbons (Fsp3) is 0.560. The van der Waals surface area contributed by atoms with Gasteiger partial charge in [-0.15, -0.1) is 0 Å². The molecule has 25 nitrogen and oxygen atoms in total. The largest absolute Gasteiger partial charge is 0.464 e. The minimum Gasteiger partial charge on any atom is -0.464 e. The summed E-state index contributed by atoms with van der Waals surface area (Å²) in [6.07, 6.45) is 18.7. The van der Waals surface area contributed by atoms with Crippen LogP contribution in [0.2, 0.25) is 0 Å². The van der Waals surface area contributed by atoms with Crippen LogP contribution in [0.3, 0.4) is 0 Å². The molecule has 6 aromatic rings. The second-order valence-corrected chi connectivity index (χ2v) is 59.5. The third-order valence-electron chi connectivity index (χ3n) is 27.9. The number of quaternary nitrogens is 5. The highest BCUT2D eigenvalue weighted by Crippen LogP contribution is 2.64. The van der Waals surface area contributed by atoms with E-state index >= 15 is 0 Å². The van der Waals surface area contributed by atoms with E-state index in [-0.39, 0.29) is 47.0 Å². The van der Waals surface area contributed by atoms with E-state index in [1.54, 1.807) is 0 Å². The molecule has 0 radical (unpaired) electrons. The Bertz CT molecular complexity index is 5010. The Kier molecular flexibility index (Phi) is 61.6. The van der Waals surface area contributed by atoms with Gasteiger partial charge in [-0.3, -0.25) is 24.0 Å². The molecule has 0 spiro atoms. The number of halogens is 15. The van der Waals surface area contributed by atoms with Crippen LogP contribution in [0.15, 0.2) is 104 Å². The summed E-state index contributed by atoms with van der Waals surface area (Å²) in [5.74, 6) is 2.02. The smallest absolute Gasteiger partial charge is 0.340 e. The van der Waals surface area contributed by atoms with E-state index < -0.39 is 39.0 Å². The molecule has 4 saturated carbocycles. The van der Waals surface area contributed by atoms with Crippen molar-refractivity contribution in [3.63, 3.8) is 0 Å². The zero-order valence-corrected chi connectivity index (χ0v) is 120. The molecule has 15 rings (SSSR count). The lowest BCUT2D eigenvalue weighted by Crippen LogP contribution is -2.86. The summed E-state index contributed by atoms with van der Waals surface area (Å²) >= 11 is 33.6. The van der Waals surface area contributed by atoms with Gasteiger partial charge in [-0.2, -0.15) is 0 Å². The molecule has 4 bridgehead atoms. The summed E-state index contributed by atoms with van der Waals surface area (Å²) < 4.78 is 69.5. The van der Waals surface area contributed by atoms with Crippen LogP contribution in [-0.4, -0.2) is 179 Å². The Morgan fingerprint density at radius 1 is 0.362 bits per heavy atom. The topological polar surface area (TPSA) is 346 Å². The minimum absolute atomic E-state index is 0.0417. The molecule has 6 aromatic carbocycles. The van der Waals surface area contributed by atoms with Gasteiger partial charge in [0.05, 0.1) is 98.7 Å². The number of rotatable bonds is 27. The zero-order valence-electron chi connectivity index (χ0n) is 87.5. The minimum atomic E-state index is -0.542. The molecule has 826 valence electrons. The molecular weight excluding hydrogens is 3600 g/mol. The normalized spacial score (nSPS) is 19.0. The van der Waals surface area contributed by atoms with Gasteiger partial charge in [-0.25, -0.2) is 24.0 Å². The molecular formula is C109H145I15N5O20+5. The van der Waals surface area contributed by atoms with Gasteiger partial charge >= 0.3 is 35.8 Å².